The van der Waals surface area contributed by atoms with Crippen LogP contribution in [0.1, 0.15) is 0 Å². The van der Waals surface area contributed by atoms with Crippen LogP contribution in [-0.2, 0) is 0 Å². The summed E-state index contributed by atoms with van der Waals surface area (Å²) < 4.78 is 0. The van der Waals surface area contributed by atoms with Gasteiger partial charge >= 0.3 is 0 Å². The molecule has 0 amide bonds. The van der Waals surface area contributed by atoms with Crippen LogP contribution >= 0.6 is 0 Å². The average Bonchev–Trinajstić information content (AvgIpc) is 2.99. The zero-order valence-electron chi connectivity index (χ0n) is 11.8. The molecule has 0 aliphatic rings. The minimum absolute atomic E-state index is 0.243. The lowest BCUT2D eigenvalue weighted by atomic mass is 10.0. The van der Waals surface area contributed by atoms with Crippen LogP contribution in [-0.4, -0.2) is 15.1 Å². The number of phenols is 1. The summed E-state index contributed by atoms with van der Waals surface area (Å²) >= 11 is 0. The van der Waals surface area contributed by atoms with E-state index in [9.17, 15) is 5.11 Å². The Kier molecular flexibility index (Phi) is 2.90. The number of aromatic amines is 1. The Bertz CT molecular complexity index is 909. The summed E-state index contributed by atoms with van der Waals surface area (Å²) in [6.07, 6.45) is 0. The second kappa shape index (κ2) is 5.04. The number of nitrogens with zero attached hydrogens (tertiary/aromatic N) is 1. The predicted molar refractivity (Wildman–Crippen MR) is 88.6 cm³/mol. The van der Waals surface area contributed by atoms with Crippen molar-refractivity contribution >= 4 is 11.0 Å². The van der Waals surface area contributed by atoms with Gasteiger partial charge in [0.15, 0.2) is 0 Å². The van der Waals surface area contributed by atoms with E-state index < -0.39 is 0 Å². The molecule has 0 aliphatic carbocycles. The Balaban J connectivity index is 1.89. The van der Waals surface area contributed by atoms with Crippen LogP contribution in [0.3, 0.4) is 0 Å². The number of para-hydroxylation sites is 3. The molecule has 3 nitrogen and oxygen atoms in total. The van der Waals surface area contributed by atoms with Crippen LogP contribution in [0.15, 0.2) is 72.8 Å². The van der Waals surface area contributed by atoms with Gasteiger partial charge in [0.1, 0.15) is 11.6 Å². The minimum Gasteiger partial charge on any atom is -0.507 e. The molecule has 2 N–H and O–H groups in total. The van der Waals surface area contributed by atoms with E-state index in [2.05, 4.69) is 9.97 Å². The lowest BCUT2D eigenvalue weighted by Gasteiger charge is -2.08. The first kappa shape index (κ1) is 12.7. The molecule has 106 valence electrons. The van der Waals surface area contributed by atoms with Crippen molar-refractivity contribution < 1.29 is 5.11 Å². The Labute approximate surface area is 127 Å². The second-order valence-corrected chi connectivity index (χ2v) is 5.17. The molecule has 3 aromatic carbocycles. The van der Waals surface area contributed by atoms with Gasteiger partial charge in [-0.3, -0.25) is 0 Å². The van der Waals surface area contributed by atoms with E-state index >= 15 is 0 Å². The van der Waals surface area contributed by atoms with Crippen molar-refractivity contribution in [2.75, 3.05) is 0 Å². The molecule has 4 rings (SSSR count). The number of phenolic OH excluding ortho intramolecular Hbond substituents is 1. The van der Waals surface area contributed by atoms with Gasteiger partial charge in [-0.15, -0.1) is 0 Å². The van der Waals surface area contributed by atoms with E-state index in [-0.39, 0.29) is 5.75 Å². The monoisotopic (exact) mass is 286 g/mol. The molecule has 0 saturated carbocycles. The molecule has 0 spiro atoms. The van der Waals surface area contributed by atoms with Gasteiger partial charge in [0.25, 0.3) is 0 Å². The summed E-state index contributed by atoms with van der Waals surface area (Å²) in [5.74, 6) is 0.921. The van der Waals surface area contributed by atoms with Gasteiger partial charge in [0.2, 0.25) is 0 Å². The number of rotatable bonds is 2. The lowest BCUT2D eigenvalue weighted by Crippen LogP contribution is -1.85. The minimum atomic E-state index is 0.243. The van der Waals surface area contributed by atoms with E-state index in [0.29, 0.717) is 11.4 Å². The van der Waals surface area contributed by atoms with E-state index in [1.54, 1.807) is 0 Å². The van der Waals surface area contributed by atoms with Gasteiger partial charge in [0.05, 0.1) is 16.6 Å². The quantitative estimate of drug-likeness (QED) is 0.565. The van der Waals surface area contributed by atoms with Crippen molar-refractivity contribution in [3.63, 3.8) is 0 Å². The zero-order valence-corrected chi connectivity index (χ0v) is 11.8. The summed E-state index contributed by atoms with van der Waals surface area (Å²) in [4.78, 5) is 7.82. The SMILES string of the molecule is Oc1c(-c2ccccc2)cccc1-c1nc2ccccc2[nH]1. The Hall–Kier alpha value is -3.07. The topological polar surface area (TPSA) is 48.9 Å². The summed E-state index contributed by atoms with van der Waals surface area (Å²) in [7, 11) is 0. The summed E-state index contributed by atoms with van der Waals surface area (Å²) in [5, 5.41) is 10.7. The molecular weight excluding hydrogens is 272 g/mol. The maximum absolute atomic E-state index is 10.7. The van der Waals surface area contributed by atoms with Crippen LogP contribution < -0.4 is 0 Å². The van der Waals surface area contributed by atoms with Gasteiger partial charge in [-0.1, -0.05) is 54.6 Å². The number of H-pyrrole nitrogens is 1. The predicted octanol–water partition coefficient (Wildman–Crippen LogP) is 4.60. The van der Waals surface area contributed by atoms with Crippen LogP contribution in [0.25, 0.3) is 33.5 Å². The van der Waals surface area contributed by atoms with Crippen molar-refractivity contribution in [2.45, 2.75) is 0 Å². The molecule has 1 aromatic heterocycles. The van der Waals surface area contributed by atoms with Crippen LogP contribution in [0, 0.1) is 0 Å². The Morgan fingerprint density at radius 1 is 0.727 bits per heavy atom. The molecule has 0 bridgehead atoms. The fourth-order valence-corrected chi connectivity index (χ4v) is 2.67. The van der Waals surface area contributed by atoms with Crippen molar-refractivity contribution in [1.82, 2.24) is 9.97 Å². The number of imidazole rings is 1. The molecule has 0 radical (unpaired) electrons. The fraction of sp³-hybridized carbons (Fsp3) is 0. The number of nitrogens with one attached hydrogen (secondary N) is 1. The molecule has 3 heteroatoms. The van der Waals surface area contributed by atoms with E-state index in [1.807, 2.05) is 72.8 Å². The number of benzene rings is 3. The summed E-state index contributed by atoms with van der Waals surface area (Å²) in [6, 6.07) is 23.4. The lowest BCUT2D eigenvalue weighted by molar-refractivity contribution is 0.479. The molecule has 0 aliphatic heterocycles. The van der Waals surface area contributed by atoms with Crippen LogP contribution in [0.4, 0.5) is 0 Å². The largest absolute Gasteiger partial charge is 0.507 e. The highest BCUT2D eigenvalue weighted by Gasteiger charge is 2.13. The smallest absolute Gasteiger partial charge is 0.142 e. The first-order chi connectivity index (χ1) is 10.8. The number of hydrogen-bond donors (Lipinski definition) is 2. The maximum atomic E-state index is 10.7. The molecular formula is C19H14N2O. The fourth-order valence-electron chi connectivity index (χ4n) is 2.67. The van der Waals surface area contributed by atoms with E-state index in [0.717, 1.165) is 22.2 Å². The van der Waals surface area contributed by atoms with Crippen molar-refractivity contribution in [3.05, 3.63) is 72.8 Å². The molecule has 1 heterocycles. The maximum Gasteiger partial charge on any atom is 0.142 e. The zero-order chi connectivity index (χ0) is 14.9. The number of aromatic hydroxyl groups is 1. The van der Waals surface area contributed by atoms with E-state index in [1.165, 1.54) is 0 Å². The normalized spacial score (nSPS) is 10.9. The standard InChI is InChI=1S/C19H14N2O/c22-18-14(13-7-2-1-3-8-13)9-6-10-15(18)19-20-16-11-4-5-12-17(16)21-19/h1-12,22H,(H,20,21). The first-order valence-corrected chi connectivity index (χ1v) is 7.15. The Morgan fingerprint density at radius 2 is 1.45 bits per heavy atom. The molecule has 0 atom stereocenters. The average molecular weight is 286 g/mol. The third kappa shape index (κ3) is 2.04. The molecule has 4 aromatic rings. The molecule has 0 fully saturated rings. The third-order valence-corrected chi connectivity index (χ3v) is 3.77. The van der Waals surface area contributed by atoms with Gasteiger partial charge in [-0.05, 0) is 23.8 Å². The van der Waals surface area contributed by atoms with Crippen LogP contribution in [0.5, 0.6) is 5.75 Å². The van der Waals surface area contributed by atoms with Gasteiger partial charge in [-0.25, -0.2) is 4.98 Å². The van der Waals surface area contributed by atoms with Crippen LogP contribution in [0.2, 0.25) is 0 Å². The second-order valence-electron chi connectivity index (χ2n) is 5.17. The number of aromatic nitrogens is 2. The highest BCUT2D eigenvalue weighted by Crippen LogP contribution is 2.37. The summed E-state index contributed by atoms with van der Waals surface area (Å²) in [6.45, 7) is 0. The highest BCUT2D eigenvalue weighted by atomic mass is 16.3. The molecule has 22 heavy (non-hydrogen) atoms. The van der Waals surface area contributed by atoms with Crippen molar-refractivity contribution in [1.29, 1.82) is 0 Å². The van der Waals surface area contributed by atoms with Gasteiger partial charge in [0, 0.05) is 5.56 Å². The number of fused-ring (bicyclic) bond motifs is 1. The van der Waals surface area contributed by atoms with Gasteiger partial charge < -0.3 is 10.1 Å². The highest BCUT2D eigenvalue weighted by molar-refractivity contribution is 5.84. The van der Waals surface area contributed by atoms with E-state index in [4.69, 9.17) is 0 Å². The van der Waals surface area contributed by atoms with Crippen molar-refractivity contribution in [3.8, 4) is 28.3 Å². The third-order valence-electron chi connectivity index (χ3n) is 3.77. The summed E-state index contributed by atoms with van der Waals surface area (Å²) in [5.41, 5.74) is 4.35. The molecule has 0 saturated heterocycles. The van der Waals surface area contributed by atoms with Crippen molar-refractivity contribution in [2.24, 2.45) is 0 Å². The molecule has 0 unspecified atom stereocenters. The number of hydrogen-bond acceptors (Lipinski definition) is 2. The first-order valence-electron chi connectivity index (χ1n) is 7.15. The van der Waals surface area contributed by atoms with Gasteiger partial charge in [-0.2, -0.15) is 0 Å². The Morgan fingerprint density at radius 3 is 2.27 bits per heavy atom.